The van der Waals surface area contributed by atoms with E-state index in [0.717, 1.165) is 16.4 Å². The summed E-state index contributed by atoms with van der Waals surface area (Å²) in [5.74, 6) is -1.79. The highest BCUT2D eigenvalue weighted by atomic mass is 32.2. The summed E-state index contributed by atoms with van der Waals surface area (Å²) in [6.07, 6.45) is -5.56. The number of hydrogen-bond acceptors (Lipinski definition) is 6. The fraction of sp³-hybridized carbons (Fsp3) is 0.350. The molecule has 1 saturated heterocycles. The normalized spacial score (nSPS) is 19.8. The molecule has 8 nitrogen and oxygen atoms in total. The van der Waals surface area contributed by atoms with Crippen LogP contribution in [0.15, 0.2) is 47.4 Å². The Bertz CT molecular complexity index is 1110. The number of hydroxylamine groups is 1. The van der Waals surface area contributed by atoms with Gasteiger partial charge in [-0.2, -0.15) is 17.5 Å². The van der Waals surface area contributed by atoms with E-state index in [2.05, 4.69) is 0 Å². The lowest BCUT2D eigenvalue weighted by molar-refractivity contribution is -0.138. The largest absolute Gasteiger partial charge is 0.489 e. The van der Waals surface area contributed by atoms with E-state index in [9.17, 15) is 35.9 Å². The second-order valence-corrected chi connectivity index (χ2v) is 9.25. The molecule has 3 N–H and O–H groups in total. The molecular formula is C20H20F4N2O6S. The Morgan fingerprint density at radius 2 is 1.82 bits per heavy atom. The zero-order chi connectivity index (χ0) is 24.4. The molecule has 1 aliphatic heterocycles. The van der Waals surface area contributed by atoms with Crippen molar-refractivity contribution >= 4 is 15.9 Å². The van der Waals surface area contributed by atoms with Crippen LogP contribution in [0.1, 0.15) is 24.0 Å². The number of carbonyl (C=O) groups excluding carboxylic acids is 1. The van der Waals surface area contributed by atoms with Gasteiger partial charge in [-0.1, -0.05) is 0 Å². The topological polar surface area (TPSA) is 116 Å². The fourth-order valence-electron chi connectivity index (χ4n) is 3.49. The van der Waals surface area contributed by atoms with Gasteiger partial charge in [-0.15, -0.1) is 0 Å². The number of amides is 1. The van der Waals surface area contributed by atoms with Crippen molar-refractivity contribution in [2.45, 2.75) is 42.7 Å². The van der Waals surface area contributed by atoms with Gasteiger partial charge in [-0.3, -0.25) is 10.0 Å². The van der Waals surface area contributed by atoms with Crippen molar-refractivity contribution in [3.05, 3.63) is 59.4 Å². The van der Waals surface area contributed by atoms with Gasteiger partial charge in [-0.25, -0.2) is 18.3 Å². The molecule has 0 aliphatic carbocycles. The molecule has 1 aliphatic rings. The van der Waals surface area contributed by atoms with E-state index < -0.39 is 57.8 Å². The highest BCUT2D eigenvalue weighted by Crippen LogP contribution is 2.33. The summed E-state index contributed by atoms with van der Waals surface area (Å²) < 4.78 is 84.7. The SMILES string of the molecule is O=C(NO)C1CCC(O)CN1S(=O)(=O)c1ccc(OCc2cc(F)ccc2C(F)(F)F)cc1. The Kier molecular flexibility index (Phi) is 7.26. The molecule has 33 heavy (non-hydrogen) atoms. The van der Waals surface area contributed by atoms with Crippen molar-refractivity contribution in [2.75, 3.05) is 6.54 Å². The highest BCUT2D eigenvalue weighted by Gasteiger charge is 2.40. The Balaban J connectivity index is 1.79. The summed E-state index contributed by atoms with van der Waals surface area (Å²) in [6.45, 7) is -0.978. The lowest BCUT2D eigenvalue weighted by atomic mass is 10.0. The molecule has 0 aromatic heterocycles. The lowest BCUT2D eigenvalue weighted by Crippen LogP contribution is -2.54. The van der Waals surface area contributed by atoms with Gasteiger partial charge in [0, 0.05) is 12.1 Å². The average Bonchev–Trinajstić information content (AvgIpc) is 2.76. The van der Waals surface area contributed by atoms with Crippen molar-refractivity contribution in [1.82, 2.24) is 9.79 Å². The summed E-state index contributed by atoms with van der Waals surface area (Å²) in [5.41, 5.74) is -0.0767. The number of carbonyl (C=O) groups is 1. The number of piperidine rings is 1. The molecule has 1 amide bonds. The highest BCUT2D eigenvalue weighted by molar-refractivity contribution is 7.89. The van der Waals surface area contributed by atoms with Gasteiger partial charge in [0.2, 0.25) is 10.0 Å². The molecule has 0 bridgehead atoms. The molecule has 0 saturated carbocycles. The van der Waals surface area contributed by atoms with Gasteiger partial charge < -0.3 is 9.84 Å². The number of ether oxygens (including phenoxy) is 1. The number of rotatable bonds is 6. The van der Waals surface area contributed by atoms with Crippen LogP contribution in [0.3, 0.4) is 0 Å². The van der Waals surface area contributed by atoms with Crippen molar-refractivity contribution in [2.24, 2.45) is 0 Å². The molecule has 13 heteroatoms. The summed E-state index contributed by atoms with van der Waals surface area (Å²) in [6, 6.07) is 5.40. The van der Waals surface area contributed by atoms with E-state index in [-0.39, 0.29) is 30.0 Å². The second kappa shape index (κ2) is 9.63. The smallest absolute Gasteiger partial charge is 0.416 e. The van der Waals surface area contributed by atoms with Crippen molar-refractivity contribution in [1.29, 1.82) is 0 Å². The third kappa shape index (κ3) is 5.61. The molecule has 2 aromatic rings. The molecule has 1 heterocycles. The second-order valence-electron chi connectivity index (χ2n) is 7.36. The first kappa shape index (κ1) is 24.9. The van der Waals surface area contributed by atoms with E-state index in [1.54, 1.807) is 0 Å². The monoisotopic (exact) mass is 492 g/mol. The minimum absolute atomic E-state index is 0.0108. The number of halogens is 4. The predicted octanol–water partition coefficient (Wildman–Crippen LogP) is 2.44. The molecule has 2 aromatic carbocycles. The standard InChI is InChI=1S/C20H20F4N2O6S/c21-13-1-7-17(20(22,23)24)12(9-13)11-32-15-3-5-16(6-4-15)33(30,31)26-10-14(27)2-8-18(26)19(28)25-29/h1,3-7,9,14,18,27,29H,2,8,10-11H2,(H,25,28). The third-order valence-corrected chi connectivity index (χ3v) is 7.01. The number of nitrogens with zero attached hydrogens (tertiary/aromatic N) is 1. The van der Waals surface area contributed by atoms with E-state index in [0.29, 0.717) is 18.2 Å². The molecule has 2 unspecified atom stereocenters. The van der Waals surface area contributed by atoms with Gasteiger partial charge in [0.1, 0.15) is 24.2 Å². The van der Waals surface area contributed by atoms with Gasteiger partial charge in [0.15, 0.2) is 0 Å². The number of benzene rings is 2. The van der Waals surface area contributed by atoms with Crippen LogP contribution in [0.5, 0.6) is 5.75 Å². The Hall–Kier alpha value is -2.74. The zero-order valence-electron chi connectivity index (χ0n) is 16.9. The minimum Gasteiger partial charge on any atom is -0.489 e. The summed E-state index contributed by atoms with van der Waals surface area (Å²) in [5, 5.41) is 18.7. The van der Waals surface area contributed by atoms with Gasteiger partial charge in [0.05, 0.1) is 16.6 Å². The zero-order valence-corrected chi connectivity index (χ0v) is 17.7. The van der Waals surface area contributed by atoms with Gasteiger partial charge >= 0.3 is 6.18 Å². The molecule has 1 fully saturated rings. The molecule has 2 atom stereocenters. The van der Waals surface area contributed by atoms with Crippen LogP contribution in [-0.2, 0) is 27.6 Å². The van der Waals surface area contributed by atoms with Crippen LogP contribution in [-0.4, -0.2) is 47.6 Å². The van der Waals surface area contributed by atoms with Crippen LogP contribution in [0.25, 0.3) is 0 Å². The maximum absolute atomic E-state index is 13.4. The molecule has 3 rings (SSSR count). The van der Waals surface area contributed by atoms with Crippen LogP contribution in [0.4, 0.5) is 17.6 Å². The molecule has 0 radical (unpaired) electrons. The first-order valence-electron chi connectivity index (χ1n) is 9.66. The molecule has 0 spiro atoms. The average molecular weight is 492 g/mol. The van der Waals surface area contributed by atoms with Crippen LogP contribution in [0.2, 0.25) is 0 Å². The first-order valence-corrected chi connectivity index (χ1v) is 11.1. The Morgan fingerprint density at radius 3 is 2.42 bits per heavy atom. The summed E-state index contributed by atoms with van der Waals surface area (Å²) >= 11 is 0. The third-order valence-electron chi connectivity index (χ3n) is 5.12. The predicted molar refractivity (Wildman–Crippen MR) is 105 cm³/mol. The number of aliphatic hydroxyl groups excluding tert-OH is 1. The van der Waals surface area contributed by atoms with E-state index in [4.69, 9.17) is 9.94 Å². The Labute approximate surface area is 186 Å². The number of aliphatic hydroxyl groups is 1. The molecule has 180 valence electrons. The van der Waals surface area contributed by atoms with Gasteiger partial charge in [0.25, 0.3) is 5.91 Å². The lowest BCUT2D eigenvalue weighted by Gasteiger charge is -2.35. The van der Waals surface area contributed by atoms with E-state index >= 15 is 0 Å². The van der Waals surface area contributed by atoms with Crippen LogP contribution < -0.4 is 10.2 Å². The molecular weight excluding hydrogens is 472 g/mol. The summed E-state index contributed by atoms with van der Waals surface area (Å²) in [4.78, 5) is 11.6. The van der Waals surface area contributed by atoms with Crippen molar-refractivity contribution in [3.63, 3.8) is 0 Å². The maximum Gasteiger partial charge on any atom is 0.416 e. The quantitative estimate of drug-likeness (QED) is 0.324. The minimum atomic E-state index is -4.71. The van der Waals surface area contributed by atoms with Crippen molar-refractivity contribution < 1.29 is 45.8 Å². The van der Waals surface area contributed by atoms with Crippen LogP contribution in [0, 0.1) is 5.82 Å². The van der Waals surface area contributed by atoms with Crippen LogP contribution >= 0.6 is 0 Å². The maximum atomic E-state index is 13.4. The van der Waals surface area contributed by atoms with E-state index in [1.807, 2.05) is 0 Å². The van der Waals surface area contributed by atoms with Gasteiger partial charge in [-0.05, 0) is 55.3 Å². The first-order chi connectivity index (χ1) is 15.4. The number of hydrogen-bond donors (Lipinski definition) is 3. The number of alkyl halides is 3. The number of nitrogens with one attached hydrogen (secondary N) is 1. The van der Waals surface area contributed by atoms with E-state index in [1.165, 1.54) is 17.6 Å². The Morgan fingerprint density at radius 1 is 1.15 bits per heavy atom. The summed E-state index contributed by atoms with van der Waals surface area (Å²) in [7, 11) is -4.27. The number of sulfonamides is 1. The van der Waals surface area contributed by atoms with Crippen molar-refractivity contribution in [3.8, 4) is 5.75 Å². The number of β-amino-alcohol motifs (C(OH)–C–C–N with tert-alkyl or cyclic N) is 1. The fourth-order valence-corrected chi connectivity index (χ4v) is 5.14.